The van der Waals surface area contributed by atoms with Crippen LogP contribution in [0, 0.1) is 0 Å². The molecule has 0 radical (unpaired) electrons. The molecule has 5 rings (SSSR count). The van der Waals surface area contributed by atoms with Crippen molar-refractivity contribution < 1.29 is 55.2 Å². The van der Waals surface area contributed by atoms with Gasteiger partial charge in [0.1, 0.15) is 33.3 Å². The number of rotatable bonds is 8. The summed E-state index contributed by atoms with van der Waals surface area (Å²) in [6.07, 6.45) is -7.04. The van der Waals surface area contributed by atoms with Gasteiger partial charge in [-0.3, -0.25) is 4.79 Å². The van der Waals surface area contributed by atoms with Crippen LogP contribution in [0.25, 0.3) is 0 Å². The van der Waals surface area contributed by atoms with Crippen molar-refractivity contribution in [3.8, 4) is 23.0 Å². The summed E-state index contributed by atoms with van der Waals surface area (Å²) in [6, 6.07) is 17.1. The topological polar surface area (TPSA) is 129 Å². The summed E-state index contributed by atoms with van der Waals surface area (Å²) in [5.74, 6) is -2.61. The molecule has 0 aliphatic carbocycles. The molecular weight excluding hydrogens is 643 g/mol. The lowest BCUT2D eigenvalue weighted by Crippen LogP contribution is -2.45. The fourth-order valence-corrected chi connectivity index (χ4v) is 7.08. The van der Waals surface area contributed by atoms with Crippen LogP contribution in [0.4, 0.5) is 23.7 Å². The lowest BCUT2D eigenvalue weighted by molar-refractivity contribution is -0.275. The van der Waals surface area contributed by atoms with Gasteiger partial charge in [-0.2, -0.15) is 0 Å². The maximum atomic E-state index is 15.0. The van der Waals surface area contributed by atoms with Gasteiger partial charge in [0.05, 0.1) is 19.9 Å². The number of alkyl halides is 3. The van der Waals surface area contributed by atoms with E-state index in [9.17, 15) is 36.3 Å². The first-order chi connectivity index (χ1) is 21.2. The number of carboxylic acid groups (broad SMARTS) is 1. The van der Waals surface area contributed by atoms with E-state index in [1.165, 1.54) is 80.9 Å². The average Bonchev–Trinajstić information content (AvgIpc) is 3.24. The van der Waals surface area contributed by atoms with E-state index in [4.69, 9.17) is 25.8 Å². The molecule has 234 valence electrons. The van der Waals surface area contributed by atoms with Crippen LogP contribution in [0.5, 0.6) is 23.0 Å². The zero-order valence-electron chi connectivity index (χ0n) is 23.2. The number of carbonyl (C=O) groups excluding carboxylic acids is 1. The number of carbonyl (C=O) groups is 2. The van der Waals surface area contributed by atoms with Gasteiger partial charge in [-0.25, -0.2) is 17.5 Å². The Morgan fingerprint density at radius 1 is 0.844 bits per heavy atom. The highest BCUT2D eigenvalue weighted by Crippen LogP contribution is 2.57. The molecule has 1 aliphatic heterocycles. The molecule has 45 heavy (non-hydrogen) atoms. The van der Waals surface area contributed by atoms with Gasteiger partial charge < -0.3 is 24.1 Å². The Morgan fingerprint density at radius 3 is 2.07 bits per heavy atom. The van der Waals surface area contributed by atoms with Crippen LogP contribution < -0.4 is 23.3 Å². The number of amides is 1. The van der Waals surface area contributed by atoms with E-state index < -0.39 is 55.8 Å². The summed E-state index contributed by atoms with van der Waals surface area (Å²) in [4.78, 5) is 26.2. The highest BCUT2D eigenvalue weighted by atomic mass is 35.5. The van der Waals surface area contributed by atoms with Gasteiger partial charge in [-0.05, 0) is 42.5 Å². The molecule has 15 heteroatoms. The number of sulfonamides is 1. The van der Waals surface area contributed by atoms with Crippen molar-refractivity contribution in [1.82, 2.24) is 0 Å². The van der Waals surface area contributed by atoms with E-state index in [1.807, 2.05) is 0 Å². The van der Waals surface area contributed by atoms with Gasteiger partial charge in [0.15, 0.2) is 0 Å². The Morgan fingerprint density at radius 2 is 1.47 bits per heavy atom. The van der Waals surface area contributed by atoms with Crippen LogP contribution in [0.2, 0.25) is 5.02 Å². The van der Waals surface area contributed by atoms with E-state index in [1.54, 1.807) is 0 Å². The van der Waals surface area contributed by atoms with Crippen LogP contribution in [0.1, 0.15) is 16.7 Å². The average molecular weight is 664 g/mol. The Bertz CT molecular complexity index is 1930. The maximum absolute atomic E-state index is 15.0. The number of para-hydroxylation sites is 2. The lowest BCUT2D eigenvalue weighted by Gasteiger charge is -2.32. The van der Waals surface area contributed by atoms with Crippen LogP contribution in [-0.2, 0) is 20.2 Å². The minimum Gasteiger partial charge on any atom is -0.497 e. The lowest BCUT2D eigenvalue weighted by atomic mass is 9.69. The Kier molecular flexibility index (Phi) is 8.06. The Hall–Kier alpha value is -4.95. The molecule has 1 unspecified atom stereocenters. The summed E-state index contributed by atoms with van der Waals surface area (Å²) in [5, 5.41) is 9.48. The van der Waals surface area contributed by atoms with Crippen LogP contribution >= 0.6 is 11.6 Å². The maximum Gasteiger partial charge on any atom is 0.573 e. The number of nitrogens with zero attached hydrogens (tertiary/aromatic N) is 1. The minimum absolute atomic E-state index is 0.0157. The molecule has 0 fully saturated rings. The highest BCUT2D eigenvalue weighted by Gasteiger charge is 2.60. The summed E-state index contributed by atoms with van der Waals surface area (Å²) in [6.45, 7) is 0. The quantitative estimate of drug-likeness (QED) is 0.169. The number of methoxy groups -OCH3 is 2. The van der Waals surface area contributed by atoms with Gasteiger partial charge in [0, 0.05) is 27.8 Å². The summed E-state index contributed by atoms with van der Waals surface area (Å²) >= 11 is 6.35. The van der Waals surface area contributed by atoms with Gasteiger partial charge in [0.2, 0.25) is 0 Å². The van der Waals surface area contributed by atoms with Gasteiger partial charge in [-0.15, -0.1) is 13.2 Å². The van der Waals surface area contributed by atoms with Crippen LogP contribution in [0.3, 0.4) is 0 Å². The van der Waals surface area contributed by atoms with Gasteiger partial charge in [-0.1, -0.05) is 48.0 Å². The molecule has 1 N–H and O–H groups in total. The minimum atomic E-state index is -5.24. The third-order valence-corrected chi connectivity index (χ3v) is 8.95. The van der Waals surface area contributed by atoms with Gasteiger partial charge >= 0.3 is 12.5 Å². The molecule has 10 nitrogen and oxygen atoms in total. The Labute approximate surface area is 259 Å². The third-order valence-electron chi connectivity index (χ3n) is 6.98. The van der Waals surface area contributed by atoms with E-state index in [0.29, 0.717) is 4.31 Å². The first-order valence-corrected chi connectivity index (χ1v) is 14.5. The Balaban J connectivity index is 1.92. The molecule has 0 spiro atoms. The number of benzene rings is 4. The zero-order chi connectivity index (χ0) is 32.7. The second-order valence-corrected chi connectivity index (χ2v) is 11.6. The normalized spacial score (nSPS) is 16.2. The number of hydrogen-bond donors (Lipinski definition) is 1. The first kappa shape index (κ1) is 31.5. The third kappa shape index (κ3) is 5.36. The summed E-state index contributed by atoms with van der Waals surface area (Å²) in [5.41, 5.74) is -3.78. The smallest absolute Gasteiger partial charge is 0.497 e. The number of halogens is 4. The van der Waals surface area contributed by atoms with Crippen molar-refractivity contribution in [3.63, 3.8) is 0 Å². The molecule has 1 aliphatic rings. The molecule has 1 heterocycles. The van der Waals surface area contributed by atoms with Crippen molar-refractivity contribution in [2.75, 3.05) is 18.5 Å². The van der Waals surface area contributed by atoms with Gasteiger partial charge in [0.25, 0.3) is 15.9 Å². The van der Waals surface area contributed by atoms with Crippen LogP contribution in [-0.4, -0.2) is 46.2 Å². The molecule has 4 aromatic rings. The molecule has 1 amide bonds. The van der Waals surface area contributed by atoms with Crippen molar-refractivity contribution in [2.45, 2.75) is 16.7 Å². The zero-order valence-corrected chi connectivity index (χ0v) is 24.7. The van der Waals surface area contributed by atoms with E-state index in [0.717, 1.165) is 18.2 Å². The van der Waals surface area contributed by atoms with Crippen LogP contribution in [0.15, 0.2) is 89.8 Å². The fraction of sp³-hybridized carbons (Fsp3) is 0.133. The van der Waals surface area contributed by atoms with Crippen molar-refractivity contribution >= 4 is 39.4 Å². The number of ether oxygens (including phenoxy) is 4. The first-order valence-electron chi connectivity index (χ1n) is 12.7. The predicted octanol–water partition coefficient (Wildman–Crippen LogP) is 6.38. The van der Waals surface area contributed by atoms with E-state index in [2.05, 4.69) is 4.74 Å². The fourth-order valence-electron chi connectivity index (χ4n) is 5.30. The van der Waals surface area contributed by atoms with Crippen molar-refractivity contribution in [1.29, 1.82) is 0 Å². The largest absolute Gasteiger partial charge is 0.573 e. The molecule has 0 aromatic heterocycles. The molecule has 0 saturated heterocycles. The standard InChI is InChI=1S/C30H21ClF3NO9S/c1-41-18-12-14-26(25(16-18)42-2)45(39,40)35-22-13-11-17(31)15-21(22)29(27(35)36,19-7-3-5-9-23(19)43-28(37)38)20-8-4-6-10-24(20)44-30(32,33)34/h3-16H,1-2H3,(H,37,38). The van der Waals surface area contributed by atoms with E-state index in [-0.39, 0.29) is 33.3 Å². The van der Waals surface area contributed by atoms with E-state index >= 15 is 0 Å². The highest BCUT2D eigenvalue weighted by molar-refractivity contribution is 7.93. The number of fused-ring (bicyclic) bond motifs is 1. The second kappa shape index (κ2) is 11.5. The molecule has 1 atom stereocenters. The SMILES string of the molecule is COc1ccc(S(=O)(=O)N2C(=O)C(c3ccccc3OC(=O)O)(c3ccccc3OC(F)(F)F)c3cc(Cl)ccc32)c(OC)c1. The monoisotopic (exact) mass is 663 g/mol. The summed E-state index contributed by atoms with van der Waals surface area (Å²) < 4.78 is 90.1. The molecular formula is C30H21ClF3NO9S. The summed E-state index contributed by atoms with van der Waals surface area (Å²) in [7, 11) is -2.37. The molecule has 0 bridgehead atoms. The molecule has 0 saturated carbocycles. The number of anilines is 1. The predicted molar refractivity (Wildman–Crippen MR) is 154 cm³/mol. The van der Waals surface area contributed by atoms with Crippen molar-refractivity contribution in [2.24, 2.45) is 0 Å². The molecule has 4 aromatic carbocycles. The second-order valence-electron chi connectivity index (χ2n) is 9.41. The van der Waals surface area contributed by atoms with Crippen molar-refractivity contribution in [3.05, 3.63) is 107 Å². The number of hydrogen-bond acceptors (Lipinski definition) is 8.